The van der Waals surface area contributed by atoms with E-state index in [2.05, 4.69) is 10.1 Å². The third-order valence-corrected chi connectivity index (χ3v) is 2.43. The summed E-state index contributed by atoms with van der Waals surface area (Å²) >= 11 is 0. The topological polar surface area (TPSA) is 34.5 Å². The zero-order chi connectivity index (χ0) is 10.5. The Bertz CT molecular complexity index is 396. The van der Waals surface area contributed by atoms with Gasteiger partial charge in [0.25, 0.3) is 0 Å². The van der Waals surface area contributed by atoms with E-state index in [9.17, 15) is 0 Å². The summed E-state index contributed by atoms with van der Waals surface area (Å²) in [6.07, 6.45) is 10.3. The Morgan fingerprint density at radius 2 is 2.40 bits per heavy atom. The molecule has 0 amide bonds. The van der Waals surface area contributed by atoms with Gasteiger partial charge in [-0.15, -0.1) is 0 Å². The lowest BCUT2D eigenvalue weighted by Crippen LogP contribution is -2.12. The number of nitrogens with zero attached hydrogens (tertiary/aromatic N) is 2. The van der Waals surface area contributed by atoms with Gasteiger partial charge in [0, 0.05) is 18.0 Å². The minimum Gasteiger partial charge on any atom is -0.365 e. The van der Waals surface area contributed by atoms with Crippen LogP contribution in [0.3, 0.4) is 0 Å². The fourth-order valence-corrected chi connectivity index (χ4v) is 1.74. The van der Waals surface area contributed by atoms with Crippen molar-refractivity contribution in [2.24, 2.45) is 5.16 Å². The molecule has 0 N–H and O–H groups in total. The quantitative estimate of drug-likeness (QED) is 0.546. The third kappa shape index (κ3) is 2.24. The summed E-state index contributed by atoms with van der Waals surface area (Å²) in [5, 5.41) is 4.12. The van der Waals surface area contributed by atoms with Crippen molar-refractivity contribution in [3.63, 3.8) is 0 Å². The van der Waals surface area contributed by atoms with Crippen molar-refractivity contribution in [3.05, 3.63) is 41.9 Å². The average Bonchev–Trinajstić information content (AvgIpc) is 2.30. The first kappa shape index (κ1) is 9.90. The minimum atomic E-state index is 0.981. The number of aromatic nitrogens is 1. The second-order valence-electron chi connectivity index (χ2n) is 3.50. The summed E-state index contributed by atoms with van der Waals surface area (Å²) in [4.78, 5) is 9.19. The van der Waals surface area contributed by atoms with Crippen molar-refractivity contribution in [1.29, 1.82) is 0 Å². The highest BCUT2D eigenvalue weighted by molar-refractivity contribution is 6.02. The number of rotatable bonds is 2. The van der Waals surface area contributed by atoms with Gasteiger partial charge in [0.2, 0.25) is 0 Å². The molecule has 1 aliphatic carbocycles. The summed E-state index contributed by atoms with van der Waals surface area (Å²) in [7, 11) is 0. The van der Waals surface area contributed by atoms with E-state index in [0.29, 0.717) is 0 Å². The number of hydrogen-bond donors (Lipinski definition) is 0. The zero-order valence-electron chi connectivity index (χ0n) is 8.81. The summed E-state index contributed by atoms with van der Waals surface area (Å²) in [6.45, 7) is 1.90. The molecule has 1 aliphatic rings. The molecule has 3 heteroatoms. The van der Waals surface area contributed by atoms with E-state index < -0.39 is 0 Å². The molecule has 3 nitrogen and oxygen atoms in total. The molecular weight excluding hydrogens is 188 g/mol. The van der Waals surface area contributed by atoms with Gasteiger partial charge in [-0.25, -0.2) is 0 Å². The van der Waals surface area contributed by atoms with Gasteiger partial charge in [0.05, 0.1) is 5.71 Å². The fraction of sp³-hybridized carbons (Fsp3) is 0.333. The Kier molecular flexibility index (Phi) is 3.12. The van der Waals surface area contributed by atoms with Crippen LogP contribution in [-0.2, 0) is 11.3 Å². The van der Waals surface area contributed by atoms with Crippen molar-refractivity contribution >= 4 is 5.71 Å². The summed E-state index contributed by atoms with van der Waals surface area (Å²) in [5.41, 5.74) is 3.48. The van der Waals surface area contributed by atoms with E-state index in [1.54, 1.807) is 12.5 Å². The van der Waals surface area contributed by atoms with Crippen LogP contribution in [-0.4, -0.2) is 10.7 Å². The van der Waals surface area contributed by atoms with Gasteiger partial charge >= 0.3 is 0 Å². The maximum absolute atomic E-state index is 5.07. The SMILES string of the molecule is CC=CO/N=C1\CCCc2cnccc21. The van der Waals surface area contributed by atoms with E-state index in [4.69, 9.17) is 4.84 Å². The monoisotopic (exact) mass is 202 g/mol. The van der Waals surface area contributed by atoms with Gasteiger partial charge in [-0.1, -0.05) is 5.16 Å². The number of aryl methyl sites for hydroxylation is 1. The van der Waals surface area contributed by atoms with Crippen LogP contribution in [0.5, 0.6) is 0 Å². The van der Waals surface area contributed by atoms with Gasteiger partial charge in [-0.3, -0.25) is 4.98 Å². The van der Waals surface area contributed by atoms with Crippen molar-refractivity contribution in [1.82, 2.24) is 4.98 Å². The molecule has 0 aromatic carbocycles. The number of allylic oxidation sites excluding steroid dienone is 1. The van der Waals surface area contributed by atoms with E-state index in [1.807, 2.05) is 25.3 Å². The molecule has 0 fully saturated rings. The summed E-state index contributed by atoms with van der Waals surface area (Å²) in [6, 6.07) is 2.01. The van der Waals surface area contributed by atoms with Gasteiger partial charge in [0.15, 0.2) is 0 Å². The lowest BCUT2D eigenvalue weighted by Gasteiger charge is -2.15. The van der Waals surface area contributed by atoms with Crippen molar-refractivity contribution in [2.45, 2.75) is 26.2 Å². The van der Waals surface area contributed by atoms with Crippen LogP contribution in [0.25, 0.3) is 0 Å². The molecule has 2 rings (SSSR count). The molecule has 1 aromatic rings. The van der Waals surface area contributed by atoms with Crippen LogP contribution in [0.15, 0.2) is 36.0 Å². The largest absolute Gasteiger partial charge is 0.365 e. The van der Waals surface area contributed by atoms with Crippen LogP contribution in [0.2, 0.25) is 0 Å². The standard InChI is InChI=1S/C12H14N2O/c1-2-8-15-14-12-5-3-4-10-9-13-7-6-11(10)12/h2,6-9H,3-5H2,1H3/b8-2?,14-12+. The van der Waals surface area contributed by atoms with Crippen LogP contribution < -0.4 is 0 Å². The molecule has 15 heavy (non-hydrogen) atoms. The minimum absolute atomic E-state index is 0.981. The predicted octanol–water partition coefficient (Wildman–Crippen LogP) is 2.67. The second kappa shape index (κ2) is 4.73. The first-order valence-electron chi connectivity index (χ1n) is 5.19. The first-order chi connectivity index (χ1) is 7.42. The van der Waals surface area contributed by atoms with Crippen LogP contribution in [0.4, 0.5) is 0 Å². The van der Waals surface area contributed by atoms with E-state index in [0.717, 1.165) is 25.0 Å². The summed E-state index contributed by atoms with van der Waals surface area (Å²) < 4.78 is 0. The number of oxime groups is 1. The Balaban J connectivity index is 2.25. The number of fused-ring (bicyclic) bond motifs is 1. The smallest absolute Gasteiger partial charge is 0.117 e. The molecule has 0 atom stereocenters. The Morgan fingerprint density at radius 1 is 1.47 bits per heavy atom. The number of hydrogen-bond acceptors (Lipinski definition) is 3. The van der Waals surface area contributed by atoms with Crippen molar-refractivity contribution in [2.75, 3.05) is 0 Å². The lowest BCUT2D eigenvalue weighted by molar-refractivity contribution is 0.266. The van der Waals surface area contributed by atoms with Gasteiger partial charge < -0.3 is 4.84 Å². The average molecular weight is 202 g/mol. The Labute approximate surface area is 89.5 Å². The molecule has 0 saturated carbocycles. The van der Waals surface area contributed by atoms with Crippen molar-refractivity contribution < 1.29 is 4.84 Å². The molecule has 0 aliphatic heterocycles. The lowest BCUT2D eigenvalue weighted by atomic mass is 9.92. The fourth-order valence-electron chi connectivity index (χ4n) is 1.74. The molecule has 78 valence electrons. The Morgan fingerprint density at radius 3 is 3.27 bits per heavy atom. The zero-order valence-corrected chi connectivity index (χ0v) is 8.81. The number of pyridine rings is 1. The highest BCUT2D eigenvalue weighted by Crippen LogP contribution is 2.20. The molecule has 1 heterocycles. The predicted molar refractivity (Wildman–Crippen MR) is 59.6 cm³/mol. The molecule has 1 aromatic heterocycles. The maximum Gasteiger partial charge on any atom is 0.117 e. The third-order valence-electron chi connectivity index (χ3n) is 2.43. The highest BCUT2D eigenvalue weighted by Gasteiger charge is 2.15. The van der Waals surface area contributed by atoms with Gasteiger partial charge in [-0.2, -0.15) is 0 Å². The molecule has 0 bridgehead atoms. The van der Waals surface area contributed by atoms with E-state index >= 15 is 0 Å². The maximum atomic E-state index is 5.07. The first-order valence-corrected chi connectivity index (χ1v) is 5.19. The molecule has 0 saturated heterocycles. The van der Waals surface area contributed by atoms with Crippen molar-refractivity contribution in [3.8, 4) is 0 Å². The normalized spacial score (nSPS) is 18.1. The molecule has 0 spiro atoms. The second-order valence-corrected chi connectivity index (χ2v) is 3.50. The summed E-state index contributed by atoms with van der Waals surface area (Å²) in [5.74, 6) is 0. The highest BCUT2D eigenvalue weighted by atomic mass is 16.6. The Hall–Kier alpha value is -1.64. The van der Waals surface area contributed by atoms with Gasteiger partial charge in [0.1, 0.15) is 6.26 Å². The van der Waals surface area contributed by atoms with Crippen LogP contribution in [0.1, 0.15) is 30.9 Å². The van der Waals surface area contributed by atoms with Crippen LogP contribution in [0, 0.1) is 0 Å². The van der Waals surface area contributed by atoms with Gasteiger partial charge in [-0.05, 0) is 43.9 Å². The molecule has 0 unspecified atom stereocenters. The van der Waals surface area contributed by atoms with E-state index in [-0.39, 0.29) is 0 Å². The molecule has 0 radical (unpaired) electrons. The van der Waals surface area contributed by atoms with Crippen LogP contribution >= 0.6 is 0 Å². The van der Waals surface area contributed by atoms with E-state index in [1.165, 1.54) is 11.1 Å². The molecular formula is C12H14N2O.